The molecule has 166 valence electrons. The van der Waals surface area contributed by atoms with Crippen LogP contribution < -0.4 is 9.47 Å². The van der Waals surface area contributed by atoms with Gasteiger partial charge in [0.15, 0.2) is 0 Å². The van der Waals surface area contributed by atoms with Gasteiger partial charge in [-0.2, -0.15) is 4.31 Å². The van der Waals surface area contributed by atoms with Crippen molar-refractivity contribution in [1.29, 1.82) is 0 Å². The van der Waals surface area contributed by atoms with Crippen molar-refractivity contribution in [3.63, 3.8) is 0 Å². The van der Waals surface area contributed by atoms with Crippen LogP contribution >= 0.6 is 0 Å². The van der Waals surface area contributed by atoms with Crippen molar-refractivity contribution in [2.75, 3.05) is 33.9 Å². The molecule has 1 saturated heterocycles. The number of fused-ring (bicyclic) bond motifs is 1. The van der Waals surface area contributed by atoms with Crippen molar-refractivity contribution >= 4 is 15.9 Å². The van der Waals surface area contributed by atoms with Crippen LogP contribution in [0.5, 0.6) is 11.5 Å². The number of benzene rings is 2. The predicted octanol–water partition coefficient (Wildman–Crippen LogP) is 2.69. The van der Waals surface area contributed by atoms with E-state index in [1.165, 1.54) is 35.7 Å². The third kappa shape index (κ3) is 4.27. The van der Waals surface area contributed by atoms with E-state index in [4.69, 9.17) is 9.47 Å². The number of hydrogen-bond acceptors (Lipinski definition) is 5. The summed E-state index contributed by atoms with van der Waals surface area (Å²) in [6, 6.07) is 12.9. The van der Waals surface area contributed by atoms with E-state index in [1.54, 1.807) is 12.1 Å². The quantitative estimate of drug-likeness (QED) is 0.709. The highest BCUT2D eigenvalue weighted by Crippen LogP contribution is 2.33. The van der Waals surface area contributed by atoms with Gasteiger partial charge in [0.05, 0.1) is 20.1 Å². The van der Waals surface area contributed by atoms with Gasteiger partial charge >= 0.3 is 0 Å². The van der Waals surface area contributed by atoms with Gasteiger partial charge in [-0.05, 0) is 42.5 Å². The minimum atomic E-state index is -3.83. The van der Waals surface area contributed by atoms with E-state index >= 15 is 0 Å². The first kappa shape index (κ1) is 21.6. The maximum absolute atomic E-state index is 13.4. The molecule has 1 atom stereocenters. The van der Waals surface area contributed by atoms with Crippen LogP contribution in [0, 0.1) is 5.92 Å². The minimum Gasteiger partial charge on any atom is -0.497 e. The highest BCUT2D eigenvalue weighted by atomic mass is 32.2. The molecular weight excluding hydrogens is 416 g/mol. The molecule has 0 radical (unpaired) electrons. The standard InChI is InChI=1S/C23H28N2O5S/c1-29-20-9-10-21(30-2)22(14-20)31(27,28)25-12-5-8-19(16-25)23(26)24-13-11-17-6-3-4-7-18(17)15-24/h3-4,6-7,9-10,14,19H,5,8,11-13,15-16H2,1-2H3/t19-/m1/s1. The zero-order valence-corrected chi connectivity index (χ0v) is 18.7. The number of rotatable bonds is 5. The summed E-state index contributed by atoms with van der Waals surface area (Å²) in [5.41, 5.74) is 2.45. The fraction of sp³-hybridized carbons (Fsp3) is 0.435. The number of nitrogens with zero attached hydrogens (tertiary/aromatic N) is 2. The molecule has 0 aromatic heterocycles. The van der Waals surface area contributed by atoms with Crippen molar-refractivity contribution in [2.24, 2.45) is 5.92 Å². The highest BCUT2D eigenvalue weighted by Gasteiger charge is 2.37. The van der Waals surface area contributed by atoms with Gasteiger partial charge in [0.2, 0.25) is 15.9 Å². The molecule has 2 aromatic rings. The lowest BCUT2D eigenvalue weighted by molar-refractivity contribution is -0.137. The van der Waals surface area contributed by atoms with Gasteiger partial charge in [-0.3, -0.25) is 4.79 Å². The molecule has 0 unspecified atom stereocenters. The van der Waals surface area contributed by atoms with Gasteiger partial charge in [-0.1, -0.05) is 24.3 Å². The van der Waals surface area contributed by atoms with Crippen LogP contribution in [0.3, 0.4) is 0 Å². The van der Waals surface area contributed by atoms with Gasteiger partial charge in [0.1, 0.15) is 16.4 Å². The zero-order valence-electron chi connectivity index (χ0n) is 17.9. The molecule has 31 heavy (non-hydrogen) atoms. The highest BCUT2D eigenvalue weighted by molar-refractivity contribution is 7.89. The molecule has 1 fully saturated rings. The van der Waals surface area contributed by atoms with E-state index in [0.29, 0.717) is 38.2 Å². The van der Waals surface area contributed by atoms with Crippen molar-refractivity contribution in [3.8, 4) is 11.5 Å². The van der Waals surface area contributed by atoms with E-state index in [0.717, 1.165) is 6.42 Å². The number of piperidine rings is 1. The molecule has 0 N–H and O–H groups in total. The fourth-order valence-corrected chi connectivity index (χ4v) is 6.12. The first-order chi connectivity index (χ1) is 14.9. The monoisotopic (exact) mass is 444 g/mol. The maximum atomic E-state index is 13.4. The average molecular weight is 445 g/mol. The Morgan fingerprint density at radius 2 is 1.81 bits per heavy atom. The lowest BCUT2D eigenvalue weighted by atomic mass is 9.95. The van der Waals surface area contributed by atoms with Gasteiger partial charge in [-0.15, -0.1) is 0 Å². The van der Waals surface area contributed by atoms with E-state index in [1.807, 2.05) is 17.0 Å². The largest absolute Gasteiger partial charge is 0.497 e. The Morgan fingerprint density at radius 1 is 1.03 bits per heavy atom. The topological polar surface area (TPSA) is 76.1 Å². The van der Waals surface area contributed by atoms with Crippen LogP contribution in [0.1, 0.15) is 24.0 Å². The summed E-state index contributed by atoms with van der Waals surface area (Å²) in [4.78, 5) is 15.2. The third-order valence-corrected chi connectivity index (χ3v) is 8.05. The molecule has 4 rings (SSSR count). The molecule has 2 heterocycles. The van der Waals surface area contributed by atoms with Crippen molar-refractivity contribution in [1.82, 2.24) is 9.21 Å². The molecule has 0 saturated carbocycles. The summed E-state index contributed by atoms with van der Waals surface area (Å²) in [5, 5.41) is 0. The summed E-state index contributed by atoms with van der Waals surface area (Å²) < 4.78 is 38.7. The van der Waals surface area contributed by atoms with Gasteiger partial charge in [-0.25, -0.2) is 8.42 Å². The summed E-state index contributed by atoms with van der Waals surface area (Å²) in [6.07, 6.45) is 2.17. The van der Waals surface area contributed by atoms with Crippen LogP contribution in [0.4, 0.5) is 0 Å². The summed E-state index contributed by atoms with van der Waals surface area (Å²) in [7, 11) is -0.893. The van der Waals surface area contributed by atoms with Crippen molar-refractivity contribution in [3.05, 3.63) is 53.6 Å². The van der Waals surface area contributed by atoms with Crippen LogP contribution in [-0.4, -0.2) is 57.4 Å². The van der Waals surface area contributed by atoms with Gasteiger partial charge in [0, 0.05) is 32.2 Å². The van der Waals surface area contributed by atoms with E-state index in [9.17, 15) is 13.2 Å². The Labute approximate surface area is 183 Å². The Bertz CT molecular complexity index is 1070. The molecule has 0 spiro atoms. The average Bonchev–Trinajstić information content (AvgIpc) is 2.82. The number of ether oxygens (including phenoxy) is 2. The molecular formula is C23H28N2O5S. The first-order valence-electron chi connectivity index (χ1n) is 10.5. The molecule has 1 amide bonds. The normalized spacial score (nSPS) is 19.5. The Balaban J connectivity index is 1.53. The third-order valence-electron chi connectivity index (χ3n) is 6.16. The number of carbonyl (C=O) groups excluding carboxylic acids is 1. The lowest BCUT2D eigenvalue weighted by Gasteiger charge is -2.36. The second kappa shape index (κ2) is 8.88. The number of carbonyl (C=O) groups is 1. The summed E-state index contributed by atoms with van der Waals surface area (Å²) in [5.74, 6) is 0.398. The SMILES string of the molecule is COc1ccc(OC)c(S(=O)(=O)N2CCC[C@@H](C(=O)N3CCc4ccccc4C3)C2)c1. The molecule has 2 aliphatic rings. The van der Waals surface area contributed by atoms with Crippen LogP contribution in [0.25, 0.3) is 0 Å². The maximum Gasteiger partial charge on any atom is 0.246 e. The Morgan fingerprint density at radius 3 is 2.55 bits per heavy atom. The van der Waals surface area contributed by atoms with Crippen LogP contribution in [0.15, 0.2) is 47.4 Å². The Kier molecular flexibility index (Phi) is 6.20. The van der Waals surface area contributed by atoms with Crippen molar-refractivity contribution in [2.45, 2.75) is 30.7 Å². The molecule has 7 nitrogen and oxygen atoms in total. The molecule has 2 aliphatic heterocycles. The van der Waals surface area contributed by atoms with Crippen LogP contribution in [-0.2, 0) is 27.8 Å². The summed E-state index contributed by atoms with van der Waals surface area (Å²) >= 11 is 0. The van der Waals surface area contributed by atoms with Gasteiger partial charge < -0.3 is 14.4 Å². The number of hydrogen-bond donors (Lipinski definition) is 0. The molecule has 2 aromatic carbocycles. The first-order valence-corrected chi connectivity index (χ1v) is 12.0. The number of amides is 1. The lowest BCUT2D eigenvalue weighted by Crippen LogP contribution is -2.47. The smallest absolute Gasteiger partial charge is 0.246 e. The zero-order chi connectivity index (χ0) is 22.0. The molecule has 0 bridgehead atoms. The molecule has 0 aliphatic carbocycles. The minimum absolute atomic E-state index is 0.0343. The van der Waals surface area contributed by atoms with Crippen molar-refractivity contribution < 1.29 is 22.7 Å². The van der Waals surface area contributed by atoms with E-state index in [2.05, 4.69) is 12.1 Å². The second-order valence-corrected chi connectivity index (χ2v) is 9.90. The number of methoxy groups -OCH3 is 2. The predicted molar refractivity (Wildman–Crippen MR) is 117 cm³/mol. The molecule has 8 heteroatoms. The van der Waals surface area contributed by atoms with Crippen LogP contribution in [0.2, 0.25) is 0 Å². The second-order valence-electron chi connectivity index (χ2n) is 8.00. The Hall–Kier alpha value is -2.58. The number of sulfonamides is 1. The van der Waals surface area contributed by atoms with E-state index in [-0.39, 0.29) is 29.0 Å². The van der Waals surface area contributed by atoms with E-state index < -0.39 is 10.0 Å². The van der Waals surface area contributed by atoms with Gasteiger partial charge in [0.25, 0.3) is 0 Å². The summed E-state index contributed by atoms with van der Waals surface area (Å²) in [6.45, 7) is 1.82. The fourth-order valence-electron chi connectivity index (χ4n) is 4.43.